The van der Waals surface area contributed by atoms with Crippen LogP contribution in [-0.4, -0.2) is 20.7 Å². The lowest BCUT2D eigenvalue weighted by molar-refractivity contribution is 0.414. The average Bonchev–Trinajstić information content (AvgIpc) is 2.48. The number of hydrogen-bond acceptors (Lipinski definition) is 3. The van der Waals surface area contributed by atoms with Gasteiger partial charge in [-0.05, 0) is 64.3 Å². The number of nitrogens with two attached hydrogens (primary N) is 1. The summed E-state index contributed by atoms with van der Waals surface area (Å²) in [5.41, 5.74) is 9.27. The Morgan fingerprint density at radius 3 is 2.33 bits per heavy atom. The molecule has 0 heterocycles. The third-order valence-electron chi connectivity index (χ3n) is 3.44. The van der Waals surface area contributed by atoms with E-state index in [1.165, 1.54) is 16.8 Å². The molecule has 2 aromatic rings. The minimum absolute atomic E-state index is 0.674. The van der Waals surface area contributed by atoms with E-state index in [4.69, 9.17) is 10.5 Å². The quantitative estimate of drug-likeness (QED) is 0.866. The Morgan fingerprint density at radius 2 is 1.76 bits per heavy atom. The largest absolute Gasteiger partial charge is 0.497 e. The molecule has 0 aliphatic heterocycles. The Balaban J connectivity index is 2.10. The second-order valence-corrected chi connectivity index (χ2v) is 5.88. The maximum atomic E-state index is 5.60. The molecule has 0 saturated heterocycles. The Bertz CT molecular complexity index is 584. The van der Waals surface area contributed by atoms with Gasteiger partial charge in [-0.2, -0.15) is 0 Å². The third kappa shape index (κ3) is 4.22. The highest BCUT2D eigenvalue weighted by Gasteiger charge is 2.07. The molecule has 0 aliphatic carbocycles. The van der Waals surface area contributed by atoms with Crippen LogP contribution in [0.4, 0.5) is 5.69 Å². The average molecular weight is 349 g/mol. The number of methoxy groups -OCH3 is 1. The van der Waals surface area contributed by atoms with Crippen LogP contribution in [0.15, 0.2) is 46.9 Å². The molecule has 0 atom stereocenters. The van der Waals surface area contributed by atoms with Gasteiger partial charge < -0.3 is 15.4 Å². The summed E-state index contributed by atoms with van der Waals surface area (Å²) in [5.74, 6) is 0.883. The number of ether oxygens (including phenoxy) is 1. The van der Waals surface area contributed by atoms with Crippen LogP contribution in [0.3, 0.4) is 0 Å². The predicted molar refractivity (Wildman–Crippen MR) is 92.0 cm³/mol. The number of nitrogens with zero attached hydrogens (tertiary/aromatic N) is 1. The maximum absolute atomic E-state index is 5.60. The van der Waals surface area contributed by atoms with Crippen LogP contribution in [0.25, 0.3) is 0 Å². The van der Waals surface area contributed by atoms with Crippen LogP contribution in [0, 0.1) is 0 Å². The van der Waals surface area contributed by atoms with E-state index in [-0.39, 0.29) is 0 Å². The first-order valence-electron chi connectivity index (χ1n) is 6.96. The molecular formula is C17H21BrN2O. The standard InChI is InChI=1S/C17H21BrN2O/c1-20(12-14-3-6-15(21-2)7-4-14)17-8-5-13(9-10-19)11-16(17)18/h3-8,11H,9-10,12,19H2,1-2H3. The van der Waals surface area contributed by atoms with Gasteiger partial charge in [-0.1, -0.05) is 18.2 Å². The molecular weight excluding hydrogens is 328 g/mol. The normalized spacial score (nSPS) is 10.5. The Morgan fingerprint density at radius 1 is 1.10 bits per heavy atom. The number of hydrogen-bond donors (Lipinski definition) is 1. The third-order valence-corrected chi connectivity index (χ3v) is 4.07. The van der Waals surface area contributed by atoms with Crippen molar-refractivity contribution in [2.75, 3.05) is 25.6 Å². The molecule has 4 heteroatoms. The van der Waals surface area contributed by atoms with Crippen molar-refractivity contribution in [1.82, 2.24) is 0 Å². The summed E-state index contributed by atoms with van der Waals surface area (Å²) in [5, 5.41) is 0. The highest BCUT2D eigenvalue weighted by Crippen LogP contribution is 2.28. The zero-order valence-corrected chi connectivity index (χ0v) is 14.1. The molecule has 0 saturated carbocycles. The topological polar surface area (TPSA) is 38.5 Å². The predicted octanol–water partition coefficient (Wildman–Crippen LogP) is 3.60. The molecule has 0 amide bonds. The Hall–Kier alpha value is -1.52. The molecule has 112 valence electrons. The van der Waals surface area contributed by atoms with Gasteiger partial charge in [0.1, 0.15) is 5.75 Å². The molecule has 0 fully saturated rings. The smallest absolute Gasteiger partial charge is 0.118 e. The summed E-state index contributed by atoms with van der Waals surface area (Å²) in [4.78, 5) is 2.22. The number of rotatable bonds is 6. The molecule has 0 radical (unpaired) electrons. The van der Waals surface area contributed by atoms with E-state index in [1.54, 1.807) is 7.11 Å². The van der Waals surface area contributed by atoms with Crippen molar-refractivity contribution in [3.63, 3.8) is 0 Å². The van der Waals surface area contributed by atoms with Gasteiger partial charge in [0.15, 0.2) is 0 Å². The zero-order chi connectivity index (χ0) is 15.2. The second-order valence-electron chi connectivity index (χ2n) is 5.03. The summed E-state index contributed by atoms with van der Waals surface area (Å²) in [6.07, 6.45) is 0.904. The minimum Gasteiger partial charge on any atom is -0.497 e. The van der Waals surface area contributed by atoms with Gasteiger partial charge in [0.2, 0.25) is 0 Å². The first kappa shape index (κ1) is 15.9. The summed E-state index contributed by atoms with van der Waals surface area (Å²) in [6.45, 7) is 1.52. The van der Waals surface area contributed by atoms with Gasteiger partial charge in [0.05, 0.1) is 12.8 Å². The van der Waals surface area contributed by atoms with Crippen molar-refractivity contribution >= 4 is 21.6 Å². The lowest BCUT2D eigenvalue weighted by Gasteiger charge is -2.21. The van der Waals surface area contributed by atoms with E-state index in [2.05, 4.69) is 58.2 Å². The Labute approximate surface area is 134 Å². The van der Waals surface area contributed by atoms with Crippen molar-refractivity contribution in [2.45, 2.75) is 13.0 Å². The number of benzene rings is 2. The van der Waals surface area contributed by atoms with Crippen LogP contribution >= 0.6 is 15.9 Å². The van der Waals surface area contributed by atoms with E-state index >= 15 is 0 Å². The van der Waals surface area contributed by atoms with Crippen LogP contribution in [0.5, 0.6) is 5.75 Å². The van der Waals surface area contributed by atoms with Crippen LogP contribution in [0.1, 0.15) is 11.1 Å². The van der Waals surface area contributed by atoms with Crippen molar-refractivity contribution in [1.29, 1.82) is 0 Å². The molecule has 0 unspecified atom stereocenters. The van der Waals surface area contributed by atoms with Gasteiger partial charge >= 0.3 is 0 Å². The lowest BCUT2D eigenvalue weighted by atomic mass is 10.1. The molecule has 0 spiro atoms. The van der Waals surface area contributed by atoms with E-state index in [1.807, 2.05) is 12.1 Å². The maximum Gasteiger partial charge on any atom is 0.118 e. The van der Waals surface area contributed by atoms with Gasteiger partial charge in [0.25, 0.3) is 0 Å². The summed E-state index contributed by atoms with van der Waals surface area (Å²) < 4.78 is 6.28. The molecule has 2 rings (SSSR count). The molecule has 0 aliphatic rings. The van der Waals surface area contributed by atoms with Crippen molar-refractivity contribution in [2.24, 2.45) is 5.73 Å². The lowest BCUT2D eigenvalue weighted by Crippen LogP contribution is -2.17. The monoisotopic (exact) mass is 348 g/mol. The fourth-order valence-corrected chi connectivity index (χ4v) is 3.00. The summed E-state index contributed by atoms with van der Waals surface area (Å²) in [6, 6.07) is 14.6. The van der Waals surface area contributed by atoms with Crippen molar-refractivity contribution in [3.05, 3.63) is 58.1 Å². The highest BCUT2D eigenvalue weighted by molar-refractivity contribution is 9.10. The first-order chi connectivity index (χ1) is 10.1. The van der Waals surface area contributed by atoms with Gasteiger partial charge in [-0.25, -0.2) is 0 Å². The minimum atomic E-state index is 0.674. The van der Waals surface area contributed by atoms with E-state index in [9.17, 15) is 0 Å². The number of halogens is 1. The van der Waals surface area contributed by atoms with Gasteiger partial charge in [-0.3, -0.25) is 0 Å². The molecule has 0 aromatic heterocycles. The number of anilines is 1. The van der Waals surface area contributed by atoms with Crippen LogP contribution in [0.2, 0.25) is 0 Å². The van der Waals surface area contributed by atoms with Crippen molar-refractivity contribution < 1.29 is 4.74 Å². The second kappa shape index (κ2) is 7.48. The molecule has 2 N–H and O–H groups in total. The van der Waals surface area contributed by atoms with Gasteiger partial charge in [-0.15, -0.1) is 0 Å². The van der Waals surface area contributed by atoms with Crippen LogP contribution < -0.4 is 15.4 Å². The van der Waals surface area contributed by atoms with E-state index < -0.39 is 0 Å². The van der Waals surface area contributed by atoms with E-state index in [0.717, 1.165) is 23.2 Å². The fourth-order valence-electron chi connectivity index (χ4n) is 2.27. The van der Waals surface area contributed by atoms with Crippen molar-refractivity contribution in [3.8, 4) is 5.75 Å². The summed E-state index contributed by atoms with van der Waals surface area (Å²) in [7, 11) is 3.77. The van der Waals surface area contributed by atoms with Crippen LogP contribution in [-0.2, 0) is 13.0 Å². The van der Waals surface area contributed by atoms with E-state index in [0.29, 0.717) is 6.54 Å². The first-order valence-corrected chi connectivity index (χ1v) is 7.76. The highest BCUT2D eigenvalue weighted by atomic mass is 79.9. The SMILES string of the molecule is COc1ccc(CN(C)c2ccc(CCN)cc2Br)cc1. The zero-order valence-electron chi connectivity index (χ0n) is 12.5. The molecule has 0 bridgehead atoms. The molecule has 3 nitrogen and oxygen atoms in total. The molecule has 2 aromatic carbocycles. The summed E-state index contributed by atoms with van der Waals surface area (Å²) >= 11 is 3.65. The molecule has 21 heavy (non-hydrogen) atoms. The fraction of sp³-hybridized carbons (Fsp3) is 0.294. The Kier molecular flexibility index (Phi) is 5.65. The van der Waals surface area contributed by atoms with Gasteiger partial charge in [0, 0.05) is 18.1 Å².